The van der Waals surface area contributed by atoms with Gasteiger partial charge in [-0.05, 0) is 37.0 Å². The number of aromatic hydroxyl groups is 1. The van der Waals surface area contributed by atoms with Crippen LogP contribution in [0.1, 0.15) is 39.2 Å². The molecule has 200 valence electrons. The highest BCUT2D eigenvalue weighted by Gasteiger charge is 2.33. The van der Waals surface area contributed by atoms with Crippen LogP contribution in [0.2, 0.25) is 0 Å². The fourth-order valence-corrected chi connectivity index (χ4v) is 3.27. The Balaban J connectivity index is 3.13. The van der Waals surface area contributed by atoms with Gasteiger partial charge < -0.3 is 42.1 Å². The van der Waals surface area contributed by atoms with E-state index < -0.39 is 66.4 Å². The molecule has 0 spiro atoms. The van der Waals surface area contributed by atoms with Crippen LogP contribution in [0.4, 0.5) is 0 Å². The molecule has 0 aromatic heterocycles. The maximum atomic E-state index is 13.0. The molecular formula is C23H34N4O9. The van der Waals surface area contributed by atoms with Gasteiger partial charge in [0.05, 0.1) is 18.6 Å². The summed E-state index contributed by atoms with van der Waals surface area (Å²) >= 11 is 0. The monoisotopic (exact) mass is 510 g/mol. The zero-order chi connectivity index (χ0) is 27.6. The number of benzene rings is 1. The topological polar surface area (TPSA) is 228 Å². The summed E-state index contributed by atoms with van der Waals surface area (Å²) in [6.07, 6.45) is -2.13. The van der Waals surface area contributed by atoms with E-state index in [9.17, 15) is 39.3 Å². The number of carboxylic acid groups (broad SMARTS) is 2. The number of aliphatic carboxylic acids is 2. The minimum Gasteiger partial charge on any atom is -0.508 e. The molecule has 9 N–H and O–H groups in total. The zero-order valence-corrected chi connectivity index (χ0v) is 20.3. The number of hydrogen-bond acceptors (Lipinski definition) is 8. The van der Waals surface area contributed by atoms with E-state index in [4.69, 9.17) is 10.8 Å². The normalized spacial score (nSPS) is 15.2. The summed E-state index contributed by atoms with van der Waals surface area (Å²) in [7, 11) is 0. The van der Waals surface area contributed by atoms with Crippen molar-refractivity contribution in [3.63, 3.8) is 0 Å². The summed E-state index contributed by atoms with van der Waals surface area (Å²) in [6, 6.07) is -0.00535. The second-order valence-electron chi connectivity index (χ2n) is 8.89. The lowest BCUT2D eigenvalue weighted by atomic mass is 10.0. The van der Waals surface area contributed by atoms with Gasteiger partial charge in [0.2, 0.25) is 17.7 Å². The first-order chi connectivity index (χ1) is 16.7. The first-order valence-corrected chi connectivity index (χ1v) is 11.3. The number of phenolic OH excluding ortho intramolecular Hbond substituents is 1. The fourth-order valence-electron chi connectivity index (χ4n) is 3.27. The minimum atomic E-state index is -1.77. The lowest BCUT2D eigenvalue weighted by Gasteiger charge is -2.26. The average Bonchev–Trinajstić information content (AvgIpc) is 2.76. The highest BCUT2D eigenvalue weighted by molar-refractivity contribution is 5.95. The average molecular weight is 511 g/mol. The molecule has 0 saturated carbocycles. The summed E-state index contributed by atoms with van der Waals surface area (Å²) in [5, 5.41) is 44.6. The van der Waals surface area contributed by atoms with Crippen LogP contribution in [-0.4, -0.2) is 80.4 Å². The summed E-state index contributed by atoms with van der Waals surface area (Å²) in [6.45, 7) is 4.96. The fraction of sp³-hybridized carbons (Fsp3) is 0.522. The van der Waals surface area contributed by atoms with E-state index in [-0.39, 0.29) is 18.1 Å². The number of rotatable bonds is 14. The molecule has 0 aliphatic heterocycles. The third-order valence-electron chi connectivity index (χ3n) is 5.13. The van der Waals surface area contributed by atoms with E-state index >= 15 is 0 Å². The maximum absolute atomic E-state index is 13.0. The summed E-state index contributed by atoms with van der Waals surface area (Å²) in [5.74, 6) is -5.64. The van der Waals surface area contributed by atoms with Crippen molar-refractivity contribution < 1.29 is 44.4 Å². The second kappa shape index (κ2) is 14.0. The Morgan fingerprint density at radius 2 is 1.42 bits per heavy atom. The summed E-state index contributed by atoms with van der Waals surface area (Å²) < 4.78 is 0. The van der Waals surface area contributed by atoms with Gasteiger partial charge >= 0.3 is 11.9 Å². The van der Waals surface area contributed by atoms with Crippen molar-refractivity contribution in [2.45, 2.75) is 70.3 Å². The molecule has 1 rings (SSSR count). The van der Waals surface area contributed by atoms with Gasteiger partial charge in [-0.15, -0.1) is 0 Å². The van der Waals surface area contributed by atoms with Crippen LogP contribution in [0.15, 0.2) is 24.3 Å². The molecular weight excluding hydrogens is 476 g/mol. The molecule has 0 bridgehead atoms. The number of hydrogen-bond donors (Lipinski definition) is 8. The van der Waals surface area contributed by atoms with Crippen molar-refractivity contribution in [3.8, 4) is 5.75 Å². The third-order valence-corrected chi connectivity index (χ3v) is 5.13. The molecule has 0 fully saturated rings. The van der Waals surface area contributed by atoms with Gasteiger partial charge in [0.1, 0.15) is 23.9 Å². The lowest BCUT2D eigenvalue weighted by Crippen LogP contribution is -2.60. The van der Waals surface area contributed by atoms with E-state index in [1.807, 2.05) is 13.8 Å². The van der Waals surface area contributed by atoms with Gasteiger partial charge in [0.15, 0.2) is 0 Å². The van der Waals surface area contributed by atoms with Crippen molar-refractivity contribution in [3.05, 3.63) is 29.8 Å². The van der Waals surface area contributed by atoms with Crippen molar-refractivity contribution in [2.24, 2.45) is 11.7 Å². The van der Waals surface area contributed by atoms with Crippen molar-refractivity contribution in [1.82, 2.24) is 16.0 Å². The van der Waals surface area contributed by atoms with Crippen LogP contribution in [0, 0.1) is 5.92 Å². The van der Waals surface area contributed by atoms with E-state index in [1.54, 1.807) is 0 Å². The van der Waals surface area contributed by atoms with Crippen LogP contribution in [0.25, 0.3) is 0 Å². The Morgan fingerprint density at radius 3 is 1.89 bits per heavy atom. The van der Waals surface area contributed by atoms with E-state index in [0.29, 0.717) is 12.0 Å². The third kappa shape index (κ3) is 10.3. The number of nitrogens with one attached hydrogen (secondary N) is 3. The van der Waals surface area contributed by atoms with Crippen LogP contribution in [0.3, 0.4) is 0 Å². The Labute approximate surface area is 208 Å². The molecule has 1 aromatic carbocycles. The van der Waals surface area contributed by atoms with Crippen LogP contribution in [-0.2, 0) is 30.4 Å². The number of nitrogens with two attached hydrogens (primary N) is 1. The van der Waals surface area contributed by atoms with Crippen molar-refractivity contribution in [2.75, 3.05) is 0 Å². The SMILES string of the molecule is CC(C)CC(N)C(=O)NC(C(=O)NC(Cc1ccc(O)cc1)C(=O)NC(CC(=O)O)C(=O)O)C(C)O. The smallest absolute Gasteiger partial charge is 0.326 e. The quantitative estimate of drug-likeness (QED) is 0.147. The minimum absolute atomic E-state index is 0.0502. The molecule has 13 heteroatoms. The number of phenols is 1. The number of carboxylic acids is 2. The molecule has 5 atom stereocenters. The molecule has 36 heavy (non-hydrogen) atoms. The second-order valence-corrected chi connectivity index (χ2v) is 8.89. The van der Waals surface area contributed by atoms with E-state index in [0.717, 1.165) is 0 Å². The summed E-state index contributed by atoms with van der Waals surface area (Å²) in [5.41, 5.74) is 6.31. The molecule has 0 heterocycles. The molecule has 5 unspecified atom stereocenters. The van der Waals surface area contributed by atoms with Gasteiger partial charge in [-0.2, -0.15) is 0 Å². The largest absolute Gasteiger partial charge is 0.508 e. The van der Waals surface area contributed by atoms with E-state index in [1.165, 1.54) is 31.2 Å². The van der Waals surface area contributed by atoms with Crippen LogP contribution >= 0.6 is 0 Å². The van der Waals surface area contributed by atoms with Crippen LogP contribution in [0.5, 0.6) is 5.75 Å². The molecule has 0 aliphatic carbocycles. The van der Waals surface area contributed by atoms with Gasteiger partial charge in [-0.1, -0.05) is 26.0 Å². The van der Waals surface area contributed by atoms with Gasteiger partial charge in [0.25, 0.3) is 0 Å². The molecule has 0 aliphatic rings. The number of carbonyl (C=O) groups excluding carboxylic acids is 3. The maximum Gasteiger partial charge on any atom is 0.326 e. The Bertz CT molecular complexity index is 934. The van der Waals surface area contributed by atoms with E-state index in [2.05, 4.69) is 16.0 Å². The molecule has 1 aromatic rings. The summed E-state index contributed by atoms with van der Waals surface area (Å²) in [4.78, 5) is 60.6. The molecule has 13 nitrogen and oxygen atoms in total. The number of aliphatic hydroxyl groups excluding tert-OH is 1. The van der Waals surface area contributed by atoms with Gasteiger partial charge in [-0.25, -0.2) is 4.79 Å². The zero-order valence-electron chi connectivity index (χ0n) is 20.3. The number of carbonyl (C=O) groups is 5. The standard InChI is InChI=1S/C23H34N4O9/c1-11(2)8-15(24)20(32)27-19(12(3)28)22(34)25-16(9-13-4-6-14(29)7-5-13)21(33)26-17(23(35)36)10-18(30)31/h4-7,11-12,15-17,19,28-29H,8-10,24H2,1-3H3,(H,25,34)(H,26,33)(H,27,32)(H,30,31)(H,35,36). The highest BCUT2D eigenvalue weighted by Crippen LogP contribution is 2.12. The van der Waals surface area contributed by atoms with Gasteiger partial charge in [0, 0.05) is 6.42 Å². The lowest BCUT2D eigenvalue weighted by molar-refractivity contribution is -0.147. The first kappa shape index (κ1) is 30.3. The molecule has 0 saturated heterocycles. The predicted octanol–water partition coefficient (Wildman–Crippen LogP) is -1.30. The predicted molar refractivity (Wildman–Crippen MR) is 127 cm³/mol. The number of amides is 3. The number of aliphatic hydroxyl groups is 1. The Kier molecular flexibility index (Phi) is 11.8. The van der Waals surface area contributed by atoms with Crippen molar-refractivity contribution in [1.29, 1.82) is 0 Å². The van der Waals surface area contributed by atoms with Crippen LogP contribution < -0.4 is 21.7 Å². The highest BCUT2D eigenvalue weighted by atomic mass is 16.4. The van der Waals surface area contributed by atoms with Crippen molar-refractivity contribution >= 4 is 29.7 Å². The first-order valence-electron chi connectivity index (χ1n) is 11.3. The molecule has 0 radical (unpaired) electrons. The Morgan fingerprint density at radius 1 is 0.861 bits per heavy atom. The molecule has 3 amide bonds. The van der Waals surface area contributed by atoms with Gasteiger partial charge in [-0.3, -0.25) is 19.2 Å². The Hall–Kier alpha value is -3.71.